The first kappa shape index (κ1) is 44.5. The van der Waals surface area contributed by atoms with Gasteiger partial charge in [-0.05, 0) is 75.2 Å². The number of rotatable bonds is 22. The lowest BCUT2D eigenvalue weighted by Gasteiger charge is -2.14. The van der Waals surface area contributed by atoms with E-state index in [1.54, 1.807) is 45.2 Å². The topological polar surface area (TPSA) is 191 Å². The molecule has 0 bridgehead atoms. The van der Waals surface area contributed by atoms with Gasteiger partial charge in [0.2, 0.25) is 15.9 Å². The van der Waals surface area contributed by atoms with Crippen LogP contribution in [0.25, 0.3) is 16.8 Å². The van der Waals surface area contributed by atoms with Gasteiger partial charge in [-0.15, -0.1) is 10.2 Å². The van der Waals surface area contributed by atoms with Gasteiger partial charge in [-0.25, -0.2) is 13.1 Å². The number of benzene rings is 3. The Labute approximate surface area is 354 Å². The number of methoxy groups -OCH3 is 1. The molecule has 18 heteroatoms. The van der Waals surface area contributed by atoms with Gasteiger partial charge < -0.3 is 33.5 Å². The number of sulfonamides is 1. The normalized spacial score (nSPS) is 13.7. The lowest BCUT2D eigenvalue weighted by molar-refractivity contribution is -0.121. The number of hydrogen-bond donors (Lipinski definition) is 2. The summed E-state index contributed by atoms with van der Waals surface area (Å²) in [6.07, 6.45) is 0.0494. The largest absolute Gasteiger partial charge is 0.497 e. The van der Waals surface area contributed by atoms with E-state index in [-0.39, 0.29) is 30.4 Å². The van der Waals surface area contributed by atoms with Crippen molar-refractivity contribution in [3.05, 3.63) is 105 Å². The Morgan fingerprint density at radius 1 is 0.817 bits per heavy atom. The van der Waals surface area contributed by atoms with E-state index in [4.69, 9.17) is 44.8 Å². The summed E-state index contributed by atoms with van der Waals surface area (Å²) < 4.78 is 63.7. The number of fused-ring (bicyclic) bond motifs is 3. The molecule has 0 aliphatic carbocycles. The zero-order valence-corrected chi connectivity index (χ0v) is 35.9. The second-order valence-corrected chi connectivity index (χ2v) is 16.1. The minimum Gasteiger partial charge on any atom is -0.497 e. The smallest absolute Gasteiger partial charge is 0.240 e. The van der Waals surface area contributed by atoms with E-state index in [0.717, 1.165) is 27.9 Å². The summed E-state index contributed by atoms with van der Waals surface area (Å²) in [6.45, 7) is 10.2. The number of aryl methyl sites for hydroxylation is 4. The molecule has 16 nitrogen and oxygen atoms in total. The van der Waals surface area contributed by atoms with Gasteiger partial charge in [0, 0.05) is 34.8 Å². The maximum absolute atomic E-state index is 13.2. The first-order valence-electron chi connectivity index (χ1n) is 19.5. The Balaban J connectivity index is 0.842. The minimum atomic E-state index is -3.76. The molecule has 2 aromatic heterocycles. The van der Waals surface area contributed by atoms with Crippen LogP contribution in [0.1, 0.15) is 52.3 Å². The molecule has 1 atom stereocenters. The van der Waals surface area contributed by atoms with Crippen LogP contribution in [0.3, 0.4) is 0 Å². The number of carbonyl (C=O) groups is 1. The van der Waals surface area contributed by atoms with E-state index in [1.165, 1.54) is 0 Å². The van der Waals surface area contributed by atoms with Gasteiger partial charge in [-0.1, -0.05) is 41.0 Å². The van der Waals surface area contributed by atoms with Gasteiger partial charge in [-0.3, -0.25) is 14.4 Å². The van der Waals surface area contributed by atoms with Gasteiger partial charge in [-0.2, -0.15) is 0 Å². The SMILES string of the molecule is COc1ccc2c(c1)C(c1ccc(Cl)cc1)=N[C@@H](CC(=O)NCCOCCOCCOCCOCCNS(=O)(=O)c1cc(-c3c(C)noc3C)ccc1C)c1nnc(C)n1-2. The van der Waals surface area contributed by atoms with Crippen molar-refractivity contribution in [2.45, 2.75) is 45.1 Å². The van der Waals surface area contributed by atoms with Crippen LogP contribution >= 0.6 is 11.6 Å². The third-order valence-electron chi connectivity index (χ3n) is 9.65. The molecule has 0 unspecified atom stereocenters. The molecule has 2 N–H and O–H groups in total. The van der Waals surface area contributed by atoms with Crippen LogP contribution in [-0.4, -0.2) is 113 Å². The first-order chi connectivity index (χ1) is 29.0. The van der Waals surface area contributed by atoms with Crippen molar-refractivity contribution in [2.75, 3.05) is 73.1 Å². The summed E-state index contributed by atoms with van der Waals surface area (Å²) in [7, 11) is -2.15. The minimum absolute atomic E-state index is 0.0494. The lowest BCUT2D eigenvalue weighted by Crippen LogP contribution is -2.29. The van der Waals surface area contributed by atoms with Crippen molar-refractivity contribution in [3.63, 3.8) is 0 Å². The fourth-order valence-electron chi connectivity index (χ4n) is 6.72. The number of aliphatic imine (C=N–C) groups is 1. The maximum Gasteiger partial charge on any atom is 0.240 e. The number of halogens is 1. The highest BCUT2D eigenvalue weighted by molar-refractivity contribution is 7.89. The van der Waals surface area contributed by atoms with Crippen LogP contribution < -0.4 is 14.8 Å². The monoisotopic (exact) mass is 863 g/mol. The maximum atomic E-state index is 13.2. The Kier molecular flexibility index (Phi) is 15.6. The summed E-state index contributed by atoms with van der Waals surface area (Å²) in [6, 6.07) is 17.8. The van der Waals surface area contributed by atoms with Gasteiger partial charge >= 0.3 is 0 Å². The van der Waals surface area contributed by atoms with Crippen LogP contribution in [0.5, 0.6) is 5.75 Å². The molecule has 1 amide bonds. The van der Waals surface area contributed by atoms with Gasteiger partial charge in [0.1, 0.15) is 23.4 Å². The molecule has 0 saturated carbocycles. The molecule has 5 aromatic rings. The predicted molar refractivity (Wildman–Crippen MR) is 225 cm³/mol. The van der Waals surface area contributed by atoms with Crippen molar-refractivity contribution in [3.8, 4) is 22.6 Å². The molecule has 3 aromatic carbocycles. The van der Waals surface area contributed by atoms with Crippen molar-refractivity contribution in [1.82, 2.24) is 30.0 Å². The Hall–Kier alpha value is -5.01. The highest BCUT2D eigenvalue weighted by Crippen LogP contribution is 2.35. The van der Waals surface area contributed by atoms with Crippen LogP contribution in [0.2, 0.25) is 5.02 Å². The molecule has 6 rings (SSSR count). The summed E-state index contributed by atoms with van der Waals surface area (Å²) in [4.78, 5) is 18.5. The Morgan fingerprint density at radius 3 is 2.12 bits per heavy atom. The van der Waals surface area contributed by atoms with Crippen LogP contribution in [0.4, 0.5) is 0 Å². The van der Waals surface area contributed by atoms with E-state index in [9.17, 15) is 13.2 Å². The molecule has 60 heavy (non-hydrogen) atoms. The number of nitrogens with one attached hydrogen (secondary N) is 2. The molecule has 0 saturated heterocycles. The van der Waals surface area contributed by atoms with Gasteiger partial charge in [0.15, 0.2) is 5.82 Å². The number of carbonyl (C=O) groups excluding carboxylic acids is 1. The average Bonchev–Trinajstić information content (AvgIpc) is 3.75. The third kappa shape index (κ3) is 11.2. The average molecular weight is 864 g/mol. The quantitative estimate of drug-likeness (QED) is 0.0860. The fraction of sp³-hybridized carbons (Fsp3) is 0.405. The second kappa shape index (κ2) is 21.0. The van der Waals surface area contributed by atoms with Crippen LogP contribution in [-0.2, 0) is 33.8 Å². The number of amides is 1. The zero-order valence-electron chi connectivity index (χ0n) is 34.3. The summed E-state index contributed by atoms with van der Waals surface area (Å²) in [5.74, 6) is 2.32. The number of nitrogens with zero attached hydrogens (tertiary/aromatic N) is 5. The van der Waals surface area contributed by atoms with Gasteiger partial charge in [0.25, 0.3) is 0 Å². The molecule has 0 radical (unpaired) electrons. The molecule has 0 fully saturated rings. The van der Waals surface area contributed by atoms with Crippen molar-refractivity contribution in [1.29, 1.82) is 0 Å². The summed E-state index contributed by atoms with van der Waals surface area (Å²) in [5.41, 5.74) is 6.02. The number of ether oxygens (including phenoxy) is 5. The van der Waals surface area contributed by atoms with E-state index in [0.29, 0.717) is 97.9 Å². The zero-order chi connectivity index (χ0) is 42.6. The van der Waals surface area contributed by atoms with Crippen molar-refractivity contribution in [2.24, 2.45) is 4.99 Å². The lowest BCUT2D eigenvalue weighted by atomic mass is 10.00. The molecule has 1 aliphatic heterocycles. The second-order valence-electron chi connectivity index (χ2n) is 13.9. The fourth-order valence-corrected chi connectivity index (χ4v) is 8.12. The highest BCUT2D eigenvalue weighted by atomic mass is 35.5. The van der Waals surface area contributed by atoms with E-state index in [2.05, 4.69) is 25.4 Å². The van der Waals surface area contributed by atoms with Gasteiger partial charge in [0.05, 0.1) is 88.4 Å². The van der Waals surface area contributed by atoms with E-state index < -0.39 is 16.1 Å². The molecular formula is C42H50ClN7O9S. The summed E-state index contributed by atoms with van der Waals surface area (Å²) >= 11 is 6.20. The first-order valence-corrected chi connectivity index (χ1v) is 21.4. The Morgan fingerprint density at radius 2 is 1.47 bits per heavy atom. The number of hydrogen-bond acceptors (Lipinski definition) is 13. The molecule has 0 spiro atoms. The number of aromatic nitrogens is 4. The van der Waals surface area contributed by atoms with E-state index in [1.807, 2.05) is 54.8 Å². The molecule has 3 heterocycles. The van der Waals surface area contributed by atoms with Crippen LogP contribution in [0, 0.1) is 27.7 Å². The van der Waals surface area contributed by atoms with Crippen LogP contribution in [0.15, 0.2) is 75.1 Å². The standard InChI is InChI=1S/C42H50ClN7O9S/c1-27-6-7-32(40-28(2)49-59-29(40)3)24-38(27)60(52,53)45-15-17-56-19-21-58-23-22-57-20-18-55-16-14-44-39(51)26-36-42-48-47-30(4)50(42)37-13-12-34(54-5)25-35(37)41(46-36)31-8-10-33(43)11-9-31/h6-13,24-25,36,45H,14-23,26H2,1-5H3,(H,44,51)/t36-/m0/s1. The van der Waals surface area contributed by atoms with Crippen molar-refractivity contribution >= 4 is 33.2 Å². The van der Waals surface area contributed by atoms with Crippen molar-refractivity contribution < 1.29 is 41.4 Å². The summed E-state index contributed by atoms with van der Waals surface area (Å²) in [5, 5.41) is 16.2. The molecule has 320 valence electrons. The molecule has 1 aliphatic rings. The third-order valence-corrected chi connectivity index (χ3v) is 11.5. The molecular weight excluding hydrogens is 814 g/mol. The predicted octanol–water partition coefficient (Wildman–Crippen LogP) is 5.26. The Bertz CT molecular complexity index is 2360. The van der Waals surface area contributed by atoms with E-state index >= 15 is 0 Å². The highest BCUT2D eigenvalue weighted by Gasteiger charge is 2.30.